The molecule has 0 aliphatic carbocycles. The van der Waals surface area contributed by atoms with Crippen molar-refractivity contribution in [2.45, 2.75) is 0 Å². The van der Waals surface area contributed by atoms with Crippen molar-refractivity contribution in [2.24, 2.45) is 0 Å². The van der Waals surface area contributed by atoms with E-state index >= 15 is 0 Å². The largest absolute Gasteiger partial charge is 0.478 e. The lowest BCUT2D eigenvalue weighted by molar-refractivity contribution is 0.0697. The van der Waals surface area contributed by atoms with Crippen LogP contribution in [0.3, 0.4) is 0 Å². The molecule has 3 N–H and O–H groups in total. The van der Waals surface area contributed by atoms with Gasteiger partial charge >= 0.3 is 5.97 Å². The molecule has 0 amide bonds. The Morgan fingerprint density at radius 3 is 2.31 bits per heavy atom. The molecule has 0 saturated heterocycles. The third kappa shape index (κ3) is 2.05. The molecule has 0 spiro atoms. The molecule has 0 saturated carbocycles. The first-order valence-electron chi connectivity index (χ1n) is 3.11. The van der Waals surface area contributed by atoms with E-state index in [1.54, 1.807) is 6.07 Å². The van der Waals surface area contributed by atoms with Gasteiger partial charge in [-0.25, -0.2) is 4.79 Å². The molecular formula is C7H4Br3NO2. The predicted octanol–water partition coefficient (Wildman–Crippen LogP) is 3.25. The van der Waals surface area contributed by atoms with Crippen LogP contribution >= 0.6 is 47.8 Å². The highest BCUT2D eigenvalue weighted by atomic mass is 79.9. The van der Waals surface area contributed by atoms with Crippen LogP contribution in [-0.4, -0.2) is 11.1 Å². The molecule has 6 heteroatoms. The van der Waals surface area contributed by atoms with Crippen LogP contribution in [-0.2, 0) is 0 Å². The lowest BCUT2D eigenvalue weighted by Crippen LogP contribution is -2.04. The summed E-state index contributed by atoms with van der Waals surface area (Å²) in [5.41, 5.74) is 5.84. The predicted molar refractivity (Wildman–Crippen MR) is 60.9 cm³/mol. The number of carboxylic acids is 1. The first kappa shape index (κ1) is 11.0. The Morgan fingerprint density at radius 1 is 1.31 bits per heavy atom. The molecule has 0 bridgehead atoms. The van der Waals surface area contributed by atoms with E-state index in [4.69, 9.17) is 10.8 Å². The number of carboxylic acid groups (broad SMARTS) is 1. The molecule has 0 aromatic heterocycles. The van der Waals surface area contributed by atoms with Gasteiger partial charge in [-0.15, -0.1) is 0 Å². The maximum atomic E-state index is 10.8. The van der Waals surface area contributed by atoms with E-state index < -0.39 is 5.97 Å². The summed E-state index contributed by atoms with van der Waals surface area (Å²) in [7, 11) is 0. The monoisotopic (exact) mass is 371 g/mol. The van der Waals surface area contributed by atoms with Crippen LogP contribution < -0.4 is 5.73 Å². The molecule has 0 heterocycles. The lowest BCUT2D eigenvalue weighted by atomic mass is 10.2. The molecule has 0 fully saturated rings. The van der Waals surface area contributed by atoms with E-state index in [1.807, 2.05) is 0 Å². The van der Waals surface area contributed by atoms with E-state index in [0.29, 0.717) is 13.4 Å². The Morgan fingerprint density at radius 2 is 1.85 bits per heavy atom. The molecule has 0 aliphatic heterocycles. The van der Waals surface area contributed by atoms with E-state index in [2.05, 4.69) is 47.8 Å². The number of hydrogen-bond acceptors (Lipinski definition) is 2. The molecule has 70 valence electrons. The number of carbonyl (C=O) groups is 1. The number of anilines is 1. The third-order valence-corrected chi connectivity index (χ3v) is 4.06. The van der Waals surface area contributed by atoms with Crippen molar-refractivity contribution in [1.29, 1.82) is 0 Å². The van der Waals surface area contributed by atoms with Gasteiger partial charge in [-0.3, -0.25) is 0 Å². The molecule has 1 rings (SSSR count). The third-order valence-electron chi connectivity index (χ3n) is 1.42. The van der Waals surface area contributed by atoms with Crippen LogP contribution in [0.4, 0.5) is 5.69 Å². The molecule has 1 aromatic rings. The Bertz CT molecular complexity index is 352. The summed E-state index contributed by atoms with van der Waals surface area (Å²) in [5.74, 6) is -1.06. The minimum Gasteiger partial charge on any atom is -0.478 e. The van der Waals surface area contributed by atoms with Gasteiger partial charge in [0.15, 0.2) is 0 Å². The zero-order chi connectivity index (χ0) is 10.2. The Balaban J connectivity index is 3.56. The fourth-order valence-electron chi connectivity index (χ4n) is 0.819. The van der Waals surface area contributed by atoms with Gasteiger partial charge in [0.05, 0.1) is 11.3 Å². The van der Waals surface area contributed by atoms with Gasteiger partial charge in [0.1, 0.15) is 0 Å². The van der Waals surface area contributed by atoms with Gasteiger partial charge in [-0.05, 0) is 53.9 Å². The minimum absolute atomic E-state index is 0.0567. The number of aromatic carboxylic acids is 1. The molecule has 1 aromatic carbocycles. The van der Waals surface area contributed by atoms with Gasteiger partial charge in [0, 0.05) is 13.4 Å². The maximum absolute atomic E-state index is 10.8. The van der Waals surface area contributed by atoms with E-state index in [0.717, 1.165) is 0 Å². The van der Waals surface area contributed by atoms with Crippen LogP contribution in [0.15, 0.2) is 19.5 Å². The number of nitrogens with two attached hydrogens (primary N) is 1. The highest BCUT2D eigenvalue weighted by Crippen LogP contribution is 2.36. The number of hydrogen-bond donors (Lipinski definition) is 2. The van der Waals surface area contributed by atoms with Crippen molar-refractivity contribution in [3.8, 4) is 0 Å². The lowest BCUT2D eigenvalue weighted by Gasteiger charge is -2.07. The molecule has 3 nitrogen and oxygen atoms in total. The summed E-state index contributed by atoms with van der Waals surface area (Å²) >= 11 is 9.50. The van der Waals surface area contributed by atoms with Crippen molar-refractivity contribution in [1.82, 2.24) is 0 Å². The first-order chi connectivity index (χ1) is 5.95. The summed E-state index contributed by atoms with van der Waals surface area (Å²) in [6.07, 6.45) is 0. The van der Waals surface area contributed by atoms with E-state index in [1.165, 1.54) is 0 Å². The molecule has 0 radical (unpaired) electrons. The second-order valence-corrected chi connectivity index (χ2v) is 4.75. The van der Waals surface area contributed by atoms with Gasteiger partial charge in [0.25, 0.3) is 0 Å². The van der Waals surface area contributed by atoms with E-state index in [-0.39, 0.29) is 11.3 Å². The first-order valence-corrected chi connectivity index (χ1v) is 5.49. The van der Waals surface area contributed by atoms with Crippen LogP contribution in [0.2, 0.25) is 0 Å². The fraction of sp³-hybridized carbons (Fsp3) is 0. The standard InChI is InChI=1S/C7H4Br3NO2/c8-2-1-3(9)6(11)4(5(2)10)7(12)13/h1H,11H2,(H,12,13). The van der Waals surface area contributed by atoms with Crippen LogP contribution in [0, 0.1) is 0 Å². The highest BCUT2D eigenvalue weighted by Gasteiger charge is 2.17. The van der Waals surface area contributed by atoms with Gasteiger partial charge in [-0.1, -0.05) is 0 Å². The summed E-state index contributed by atoms with van der Waals surface area (Å²) < 4.78 is 1.65. The average Bonchev–Trinajstić information content (AvgIpc) is 2.01. The molecule has 0 unspecified atom stereocenters. The SMILES string of the molecule is Nc1c(Br)cc(Br)c(Br)c1C(=O)O. The molecule has 0 aliphatic rings. The summed E-state index contributed by atoms with van der Waals surface area (Å²) in [6, 6.07) is 1.69. The molecule has 13 heavy (non-hydrogen) atoms. The number of benzene rings is 1. The number of nitrogen functional groups attached to an aromatic ring is 1. The second kappa shape index (κ2) is 3.98. The average molecular weight is 374 g/mol. The number of halogens is 3. The highest BCUT2D eigenvalue weighted by molar-refractivity contribution is 9.13. The van der Waals surface area contributed by atoms with Gasteiger partial charge < -0.3 is 10.8 Å². The normalized spacial score (nSPS) is 10.1. The summed E-state index contributed by atoms with van der Waals surface area (Å²) in [4.78, 5) is 10.8. The van der Waals surface area contributed by atoms with Crippen molar-refractivity contribution in [3.05, 3.63) is 25.0 Å². The minimum atomic E-state index is -1.06. The van der Waals surface area contributed by atoms with Crippen LogP contribution in [0.1, 0.15) is 10.4 Å². The smallest absolute Gasteiger partial charge is 0.339 e. The van der Waals surface area contributed by atoms with Crippen LogP contribution in [0.5, 0.6) is 0 Å². The maximum Gasteiger partial charge on any atom is 0.339 e. The quantitative estimate of drug-likeness (QED) is 0.586. The zero-order valence-corrected chi connectivity index (χ0v) is 10.9. The Labute approximate surface area is 99.7 Å². The summed E-state index contributed by atoms with van der Waals surface area (Å²) in [5, 5.41) is 8.84. The summed E-state index contributed by atoms with van der Waals surface area (Å²) in [6.45, 7) is 0. The van der Waals surface area contributed by atoms with Gasteiger partial charge in [0.2, 0.25) is 0 Å². The van der Waals surface area contributed by atoms with Crippen molar-refractivity contribution in [3.63, 3.8) is 0 Å². The Kier molecular flexibility index (Phi) is 3.37. The zero-order valence-electron chi connectivity index (χ0n) is 6.14. The molecular weight excluding hydrogens is 370 g/mol. The van der Waals surface area contributed by atoms with Crippen molar-refractivity contribution < 1.29 is 9.90 Å². The second-order valence-electron chi connectivity index (χ2n) is 2.25. The number of rotatable bonds is 1. The van der Waals surface area contributed by atoms with Crippen molar-refractivity contribution in [2.75, 3.05) is 5.73 Å². The molecule has 0 atom stereocenters. The van der Waals surface area contributed by atoms with Crippen LogP contribution in [0.25, 0.3) is 0 Å². The topological polar surface area (TPSA) is 63.3 Å². The fourth-order valence-corrected chi connectivity index (χ4v) is 2.48. The van der Waals surface area contributed by atoms with Gasteiger partial charge in [-0.2, -0.15) is 0 Å². The van der Waals surface area contributed by atoms with E-state index in [9.17, 15) is 4.79 Å². The van der Waals surface area contributed by atoms with Crippen molar-refractivity contribution >= 4 is 59.4 Å². The Hall–Kier alpha value is -0.0700.